The second kappa shape index (κ2) is 6.46. The van der Waals surface area contributed by atoms with Crippen LogP contribution in [0.5, 0.6) is 0 Å². The van der Waals surface area contributed by atoms with Gasteiger partial charge in [-0.05, 0) is 39.7 Å². The number of hydrogen-bond donors (Lipinski definition) is 2. The smallest absolute Gasteiger partial charge is 0.0753 e. The van der Waals surface area contributed by atoms with Crippen molar-refractivity contribution in [2.75, 3.05) is 20.1 Å². The van der Waals surface area contributed by atoms with Crippen molar-refractivity contribution in [2.45, 2.75) is 52.2 Å². The van der Waals surface area contributed by atoms with Gasteiger partial charge in [-0.15, -0.1) is 0 Å². The summed E-state index contributed by atoms with van der Waals surface area (Å²) in [5.74, 6) is 0.720. The molecule has 0 aromatic carbocycles. The van der Waals surface area contributed by atoms with Crippen molar-refractivity contribution >= 4 is 0 Å². The Labute approximate surface area is 94.6 Å². The Balaban J connectivity index is 3.87. The van der Waals surface area contributed by atoms with E-state index < -0.39 is 5.60 Å². The zero-order valence-corrected chi connectivity index (χ0v) is 11.0. The minimum absolute atomic E-state index is 0.333. The molecule has 0 fully saturated rings. The van der Waals surface area contributed by atoms with Crippen LogP contribution in [0, 0.1) is 5.92 Å². The summed E-state index contributed by atoms with van der Waals surface area (Å²) in [7, 11) is 2.11. The van der Waals surface area contributed by atoms with E-state index in [0.717, 1.165) is 18.9 Å². The molecule has 0 aromatic heterocycles. The highest BCUT2D eigenvalue weighted by atomic mass is 16.3. The van der Waals surface area contributed by atoms with Crippen LogP contribution in [0.1, 0.15) is 40.5 Å². The van der Waals surface area contributed by atoms with Crippen LogP contribution >= 0.6 is 0 Å². The predicted octanol–water partition coefficient (Wildman–Crippen LogP) is 1.45. The molecule has 3 N–H and O–H groups in total. The van der Waals surface area contributed by atoms with Crippen LogP contribution in [0.3, 0.4) is 0 Å². The molecule has 0 heterocycles. The molecule has 0 saturated heterocycles. The number of aliphatic hydroxyl groups is 1. The molecule has 92 valence electrons. The second-order valence-corrected chi connectivity index (χ2v) is 5.41. The van der Waals surface area contributed by atoms with E-state index >= 15 is 0 Å². The van der Waals surface area contributed by atoms with Gasteiger partial charge in [0, 0.05) is 19.1 Å². The Morgan fingerprint density at radius 2 is 1.87 bits per heavy atom. The van der Waals surface area contributed by atoms with Gasteiger partial charge < -0.3 is 15.7 Å². The maximum absolute atomic E-state index is 9.78. The van der Waals surface area contributed by atoms with E-state index in [1.54, 1.807) is 6.92 Å². The van der Waals surface area contributed by atoms with E-state index in [2.05, 4.69) is 32.7 Å². The minimum Gasteiger partial charge on any atom is -0.389 e. The molecule has 3 nitrogen and oxygen atoms in total. The van der Waals surface area contributed by atoms with Crippen molar-refractivity contribution in [3.63, 3.8) is 0 Å². The van der Waals surface area contributed by atoms with Gasteiger partial charge in [-0.25, -0.2) is 0 Å². The topological polar surface area (TPSA) is 49.5 Å². The molecule has 0 bridgehead atoms. The summed E-state index contributed by atoms with van der Waals surface area (Å²) < 4.78 is 0. The summed E-state index contributed by atoms with van der Waals surface area (Å²) in [6.07, 6.45) is 1.93. The molecule has 2 atom stereocenters. The summed E-state index contributed by atoms with van der Waals surface area (Å²) in [6, 6.07) is 0.568. The van der Waals surface area contributed by atoms with Gasteiger partial charge in [0.15, 0.2) is 0 Å². The molecule has 2 unspecified atom stereocenters. The summed E-state index contributed by atoms with van der Waals surface area (Å²) >= 11 is 0. The first-order valence-corrected chi connectivity index (χ1v) is 5.91. The number of nitrogens with zero attached hydrogens (tertiary/aromatic N) is 1. The second-order valence-electron chi connectivity index (χ2n) is 5.41. The fourth-order valence-corrected chi connectivity index (χ4v) is 1.60. The molecule has 0 aliphatic rings. The molecule has 0 aromatic rings. The molecule has 0 aliphatic heterocycles. The first kappa shape index (κ1) is 14.9. The molecular weight excluding hydrogens is 188 g/mol. The third kappa shape index (κ3) is 6.88. The molecule has 3 heteroatoms. The monoisotopic (exact) mass is 216 g/mol. The van der Waals surface area contributed by atoms with Gasteiger partial charge in [0.2, 0.25) is 0 Å². The molecule has 0 radical (unpaired) electrons. The normalized spacial score (nSPS) is 18.2. The van der Waals surface area contributed by atoms with Gasteiger partial charge in [-0.2, -0.15) is 0 Å². The Hall–Kier alpha value is -0.120. The van der Waals surface area contributed by atoms with Crippen LogP contribution in [0.2, 0.25) is 0 Å². The van der Waals surface area contributed by atoms with Crippen molar-refractivity contribution < 1.29 is 5.11 Å². The maximum Gasteiger partial charge on any atom is 0.0753 e. The summed E-state index contributed by atoms with van der Waals surface area (Å²) in [4.78, 5) is 2.30. The Kier molecular flexibility index (Phi) is 6.41. The lowest BCUT2D eigenvalue weighted by molar-refractivity contribution is 0.0456. The van der Waals surface area contributed by atoms with Crippen LogP contribution in [0.25, 0.3) is 0 Å². The summed E-state index contributed by atoms with van der Waals surface area (Å²) in [6.45, 7) is 9.74. The Morgan fingerprint density at radius 1 is 1.33 bits per heavy atom. The van der Waals surface area contributed by atoms with E-state index in [4.69, 9.17) is 5.73 Å². The fraction of sp³-hybridized carbons (Fsp3) is 1.00. The van der Waals surface area contributed by atoms with Crippen molar-refractivity contribution in [1.29, 1.82) is 0 Å². The van der Waals surface area contributed by atoms with Gasteiger partial charge in [0.25, 0.3) is 0 Å². The number of hydrogen-bond acceptors (Lipinski definition) is 3. The largest absolute Gasteiger partial charge is 0.389 e. The average molecular weight is 216 g/mol. The molecule has 15 heavy (non-hydrogen) atoms. The van der Waals surface area contributed by atoms with E-state index in [1.807, 2.05) is 0 Å². The minimum atomic E-state index is -0.716. The Morgan fingerprint density at radius 3 is 2.27 bits per heavy atom. The Bertz CT molecular complexity index is 169. The summed E-state index contributed by atoms with van der Waals surface area (Å²) in [5.41, 5.74) is 4.76. The van der Waals surface area contributed by atoms with E-state index in [-0.39, 0.29) is 0 Å². The highest BCUT2D eigenvalue weighted by molar-refractivity contribution is 4.76. The van der Waals surface area contributed by atoms with Crippen molar-refractivity contribution in [3.8, 4) is 0 Å². The quantitative estimate of drug-likeness (QED) is 0.677. The fourth-order valence-electron chi connectivity index (χ4n) is 1.60. The molecule has 0 amide bonds. The van der Waals surface area contributed by atoms with Gasteiger partial charge >= 0.3 is 0 Å². The zero-order chi connectivity index (χ0) is 12.1. The van der Waals surface area contributed by atoms with Crippen molar-refractivity contribution in [1.82, 2.24) is 4.90 Å². The standard InChI is InChI=1S/C12H28N2O/c1-10(2)8-11(3)14(5)7-6-12(4,15)9-13/h10-11,15H,6-9,13H2,1-5H3. The van der Waals surface area contributed by atoms with E-state index in [9.17, 15) is 5.11 Å². The van der Waals surface area contributed by atoms with Crippen molar-refractivity contribution in [2.24, 2.45) is 11.7 Å². The number of nitrogens with two attached hydrogens (primary N) is 1. The average Bonchev–Trinajstić information content (AvgIpc) is 2.13. The zero-order valence-electron chi connectivity index (χ0n) is 11.0. The molecular formula is C12H28N2O. The first-order chi connectivity index (χ1) is 6.78. The molecule has 0 saturated carbocycles. The maximum atomic E-state index is 9.78. The third-order valence-electron chi connectivity index (χ3n) is 3.01. The lowest BCUT2D eigenvalue weighted by Gasteiger charge is -2.29. The summed E-state index contributed by atoms with van der Waals surface area (Å²) in [5, 5.41) is 9.78. The van der Waals surface area contributed by atoms with Gasteiger partial charge in [0.05, 0.1) is 5.60 Å². The molecule has 0 spiro atoms. The van der Waals surface area contributed by atoms with E-state index in [0.29, 0.717) is 12.6 Å². The van der Waals surface area contributed by atoms with Gasteiger partial charge in [-0.1, -0.05) is 13.8 Å². The van der Waals surface area contributed by atoms with Gasteiger partial charge in [-0.3, -0.25) is 0 Å². The predicted molar refractivity (Wildman–Crippen MR) is 65.8 cm³/mol. The SMILES string of the molecule is CC(C)CC(C)N(C)CCC(C)(O)CN. The van der Waals surface area contributed by atoms with Gasteiger partial charge in [0.1, 0.15) is 0 Å². The van der Waals surface area contributed by atoms with Crippen LogP contribution in [-0.4, -0.2) is 41.8 Å². The van der Waals surface area contributed by atoms with Crippen LogP contribution in [-0.2, 0) is 0 Å². The van der Waals surface area contributed by atoms with Crippen LogP contribution in [0.15, 0.2) is 0 Å². The van der Waals surface area contributed by atoms with Crippen LogP contribution < -0.4 is 5.73 Å². The number of rotatable bonds is 7. The third-order valence-corrected chi connectivity index (χ3v) is 3.01. The molecule has 0 aliphatic carbocycles. The highest BCUT2D eigenvalue weighted by Gasteiger charge is 2.20. The first-order valence-electron chi connectivity index (χ1n) is 5.91. The van der Waals surface area contributed by atoms with Crippen molar-refractivity contribution in [3.05, 3.63) is 0 Å². The molecule has 0 rings (SSSR count). The van der Waals surface area contributed by atoms with E-state index in [1.165, 1.54) is 6.42 Å². The highest BCUT2D eigenvalue weighted by Crippen LogP contribution is 2.13. The lowest BCUT2D eigenvalue weighted by Crippen LogP contribution is -2.40. The van der Waals surface area contributed by atoms with Crippen LogP contribution in [0.4, 0.5) is 0 Å². The lowest BCUT2D eigenvalue weighted by atomic mass is 10.0.